The van der Waals surface area contributed by atoms with E-state index in [9.17, 15) is 9.18 Å². The average molecular weight is 192 g/mol. The number of hydrogen-bond acceptors (Lipinski definition) is 1. The number of carbonyl (C=O) groups is 1. The maximum atomic E-state index is 13.5. The standard InChI is InChI=1S/C10H9FN2O/c11-6-2-1-3-7-8(6)10(4-5-10)13-9(14)12-7/h1-3H,4-5H2,(H2,12,13,14). The SMILES string of the molecule is O=C1Nc2cccc(F)c2C2(CC2)N1. The average Bonchev–Trinajstić information content (AvgIpc) is 2.84. The first-order valence-corrected chi connectivity index (χ1v) is 4.59. The van der Waals surface area contributed by atoms with Gasteiger partial charge in [0, 0.05) is 5.56 Å². The molecule has 2 amide bonds. The van der Waals surface area contributed by atoms with Crippen molar-refractivity contribution < 1.29 is 9.18 Å². The molecule has 1 aromatic carbocycles. The van der Waals surface area contributed by atoms with Gasteiger partial charge in [0.15, 0.2) is 0 Å². The van der Waals surface area contributed by atoms with Crippen LogP contribution in [0.15, 0.2) is 18.2 Å². The molecule has 1 spiro atoms. The molecule has 4 heteroatoms. The molecule has 1 saturated carbocycles. The Kier molecular flexibility index (Phi) is 1.26. The van der Waals surface area contributed by atoms with Crippen LogP contribution < -0.4 is 10.6 Å². The van der Waals surface area contributed by atoms with E-state index in [2.05, 4.69) is 10.6 Å². The van der Waals surface area contributed by atoms with Crippen LogP contribution in [-0.2, 0) is 5.54 Å². The zero-order valence-electron chi connectivity index (χ0n) is 7.43. The number of carbonyl (C=O) groups excluding carboxylic acids is 1. The second-order valence-electron chi connectivity index (χ2n) is 3.82. The van der Waals surface area contributed by atoms with Crippen molar-refractivity contribution in [2.24, 2.45) is 0 Å². The summed E-state index contributed by atoms with van der Waals surface area (Å²) in [4.78, 5) is 11.2. The van der Waals surface area contributed by atoms with Crippen LogP contribution in [0.4, 0.5) is 14.9 Å². The zero-order chi connectivity index (χ0) is 9.76. The van der Waals surface area contributed by atoms with Crippen LogP contribution >= 0.6 is 0 Å². The van der Waals surface area contributed by atoms with Crippen molar-refractivity contribution in [3.8, 4) is 0 Å². The Balaban J connectivity index is 2.23. The second-order valence-corrected chi connectivity index (χ2v) is 3.82. The van der Waals surface area contributed by atoms with Crippen molar-refractivity contribution >= 4 is 11.7 Å². The zero-order valence-corrected chi connectivity index (χ0v) is 7.43. The molecule has 2 N–H and O–H groups in total. The molecule has 0 unspecified atom stereocenters. The van der Waals surface area contributed by atoms with Gasteiger partial charge in [0.05, 0.1) is 11.2 Å². The minimum absolute atomic E-state index is 0.236. The van der Waals surface area contributed by atoms with Crippen LogP contribution in [0.25, 0.3) is 0 Å². The lowest BCUT2D eigenvalue weighted by Gasteiger charge is -2.27. The van der Waals surface area contributed by atoms with Crippen molar-refractivity contribution in [2.45, 2.75) is 18.4 Å². The summed E-state index contributed by atoms with van der Waals surface area (Å²) in [5.74, 6) is -0.243. The maximum absolute atomic E-state index is 13.5. The Hall–Kier alpha value is -1.58. The van der Waals surface area contributed by atoms with Crippen LogP contribution in [0.2, 0.25) is 0 Å². The fraction of sp³-hybridized carbons (Fsp3) is 0.300. The van der Waals surface area contributed by atoms with Gasteiger partial charge in [0.1, 0.15) is 5.82 Å². The van der Waals surface area contributed by atoms with Gasteiger partial charge in [-0.15, -0.1) is 0 Å². The molecule has 1 aliphatic heterocycles. The highest BCUT2D eigenvalue weighted by molar-refractivity contribution is 5.94. The highest BCUT2D eigenvalue weighted by atomic mass is 19.1. The molecule has 1 aliphatic carbocycles. The van der Waals surface area contributed by atoms with E-state index in [0.29, 0.717) is 11.3 Å². The van der Waals surface area contributed by atoms with Crippen LogP contribution in [0, 0.1) is 5.82 Å². The maximum Gasteiger partial charge on any atom is 0.319 e. The first-order valence-electron chi connectivity index (χ1n) is 4.59. The van der Waals surface area contributed by atoms with Crippen LogP contribution in [0.1, 0.15) is 18.4 Å². The Bertz CT molecular complexity index is 426. The Morgan fingerprint density at radius 3 is 2.86 bits per heavy atom. The van der Waals surface area contributed by atoms with E-state index >= 15 is 0 Å². The van der Waals surface area contributed by atoms with E-state index in [1.54, 1.807) is 12.1 Å². The fourth-order valence-corrected chi connectivity index (χ4v) is 2.05. The molecular weight excluding hydrogens is 183 g/mol. The molecule has 14 heavy (non-hydrogen) atoms. The van der Waals surface area contributed by atoms with Gasteiger partial charge in [-0.3, -0.25) is 0 Å². The van der Waals surface area contributed by atoms with Gasteiger partial charge in [-0.1, -0.05) is 6.07 Å². The van der Waals surface area contributed by atoms with Gasteiger partial charge in [0.2, 0.25) is 0 Å². The molecule has 3 nitrogen and oxygen atoms in total. The lowest BCUT2D eigenvalue weighted by atomic mass is 10.00. The Labute approximate surface area is 80.3 Å². The summed E-state index contributed by atoms with van der Waals surface area (Å²) in [6.07, 6.45) is 1.66. The summed E-state index contributed by atoms with van der Waals surface area (Å²) in [6, 6.07) is 4.53. The van der Waals surface area contributed by atoms with Gasteiger partial charge < -0.3 is 10.6 Å². The van der Waals surface area contributed by atoms with Crippen molar-refractivity contribution in [2.75, 3.05) is 5.32 Å². The Morgan fingerprint density at radius 2 is 2.14 bits per heavy atom. The Morgan fingerprint density at radius 1 is 1.36 bits per heavy atom. The van der Waals surface area contributed by atoms with Gasteiger partial charge >= 0.3 is 6.03 Å². The number of amides is 2. The molecule has 3 rings (SSSR count). The number of urea groups is 1. The highest BCUT2D eigenvalue weighted by Crippen LogP contribution is 2.50. The molecule has 0 aromatic heterocycles. The van der Waals surface area contributed by atoms with Gasteiger partial charge in [-0.05, 0) is 25.0 Å². The molecule has 0 radical (unpaired) electrons. The number of nitrogens with one attached hydrogen (secondary N) is 2. The topological polar surface area (TPSA) is 41.1 Å². The van der Waals surface area contributed by atoms with E-state index in [1.165, 1.54) is 6.07 Å². The number of halogens is 1. The third-order valence-corrected chi connectivity index (χ3v) is 2.84. The molecule has 1 aromatic rings. The lowest BCUT2D eigenvalue weighted by molar-refractivity contribution is 0.245. The molecule has 0 atom stereocenters. The van der Waals surface area contributed by atoms with E-state index in [-0.39, 0.29) is 11.8 Å². The van der Waals surface area contributed by atoms with Crippen molar-refractivity contribution in [3.05, 3.63) is 29.6 Å². The lowest BCUT2D eigenvalue weighted by Crippen LogP contribution is -2.43. The summed E-state index contributed by atoms with van der Waals surface area (Å²) >= 11 is 0. The summed E-state index contributed by atoms with van der Waals surface area (Å²) in [5, 5.41) is 5.38. The third-order valence-electron chi connectivity index (χ3n) is 2.84. The largest absolute Gasteiger partial charge is 0.328 e. The number of rotatable bonds is 0. The number of anilines is 1. The second kappa shape index (κ2) is 2.26. The highest BCUT2D eigenvalue weighted by Gasteiger charge is 2.51. The summed E-state index contributed by atoms with van der Waals surface area (Å²) in [6.45, 7) is 0. The van der Waals surface area contributed by atoms with E-state index in [1.807, 2.05) is 0 Å². The number of fused-ring (bicyclic) bond motifs is 2. The van der Waals surface area contributed by atoms with E-state index < -0.39 is 5.54 Å². The predicted molar refractivity (Wildman–Crippen MR) is 49.5 cm³/mol. The van der Waals surface area contributed by atoms with Gasteiger partial charge in [-0.25, -0.2) is 9.18 Å². The fourth-order valence-electron chi connectivity index (χ4n) is 2.05. The number of benzene rings is 1. The summed E-state index contributed by atoms with van der Waals surface area (Å²) in [5.41, 5.74) is 0.800. The first kappa shape index (κ1) is 7.79. The van der Waals surface area contributed by atoms with E-state index in [4.69, 9.17) is 0 Å². The molecule has 72 valence electrons. The van der Waals surface area contributed by atoms with Crippen LogP contribution in [0.5, 0.6) is 0 Å². The summed E-state index contributed by atoms with van der Waals surface area (Å²) < 4.78 is 13.5. The number of hydrogen-bond donors (Lipinski definition) is 2. The van der Waals surface area contributed by atoms with E-state index in [0.717, 1.165) is 12.8 Å². The van der Waals surface area contributed by atoms with Crippen LogP contribution in [-0.4, -0.2) is 6.03 Å². The minimum Gasteiger partial charge on any atom is -0.328 e. The van der Waals surface area contributed by atoms with Crippen LogP contribution in [0.3, 0.4) is 0 Å². The smallest absolute Gasteiger partial charge is 0.319 e. The van der Waals surface area contributed by atoms with Gasteiger partial charge in [0.25, 0.3) is 0 Å². The van der Waals surface area contributed by atoms with Crippen molar-refractivity contribution in [1.29, 1.82) is 0 Å². The molecule has 1 fully saturated rings. The molecule has 0 saturated heterocycles. The molecule has 1 heterocycles. The normalized spacial score (nSPS) is 21.1. The summed E-state index contributed by atoms with van der Waals surface area (Å²) in [7, 11) is 0. The van der Waals surface area contributed by atoms with Crippen molar-refractivity contribution in [1.82, 2.24) is 5.32 Å². The first-order chi connectivity index (χ1) is 6.71. The monoisotopic (exact) mass is 192 g/mol. The van der Waals surface area contributed by atoms with Gasteiger partial charge in [-0.2, -0.15) is 0 Å². The quantitative estimate of drug-likeness (QED) is 0.648. The minimum atomic E-state index is -0.414. The third kappa shape index (κ3) is 0.880. The molecule has 0 bridgehead atoms. The molecule has 2 aliphatic rings. The predicted octanol–water partition coefficient (Wildman–Crippen LogP) is 1.95. The van der Waals surface area contributed by atoms with Crippen molar-refractivity contribution in [3.63, 3.8) is 0 Å². The molecular formula is C10H9FN2O.